The number of para-hydroxylation sites is 1. The van der Waals surface area contributed by atoms with E-state index in [4.69, 9.17) is 0 Å². The molecule has 0 saturated heterocycles. The number of fused-ring (bicyclic) bond motifs is 1. The highest BCUT2D eigenvalue weighted by atomic mass is 19.1. The zero-order chi connectivity index (χ0) is 18.8. The molecular formula is C23H17FN2O. The third kappa shape index (κ3) is 3.42. The van der Waals surface area contributed by atoms with E-state index in [1.165, 1.54) is 12.1 Å². The highest BCUT2D eigenvalue weighted by Gasteiger charge is 2.10. The zero-order valence-corrected chi connectivity index (χ0v) is 14.8. The molecular weight excluding hydrogens is 339 g/mol. The van der Waals surface area contributed by atoms with Gasteiger partial charge in [0.15, 0.2) is 0 Å². The van der Waals surface area contributed by atoms with Crippen LogP contribution in [0.1, 0.15) is 17.0 Å². The van der Waals surface area contributed by atoms with Crippen molar-refractivity contribution < 1.29 is 4.39 Å². The van der Waals surface area contributed by atoms with Gasteiger partial charge in [-0.15, -0.1) is 0 Å². The predicted octanol–water partition coefficient (Wildman–Crippen LogP) is 5.00. The summed E-state index contributed by atoms with van der Waals surface area (Å²) >= 11 is 0. The molecule has 0 aliphatic rings. The van der Waals surface area contributed by atoms with Crippen molar-refractivity contribution in [3.63, 3.8) is 0 Å². The Kier molecular flexibility index (Phi) is 4.38. The van der Waals surface area contributed by atoms with Crippen molar-refractivity contribution in [2.75, 3.05) is 0 Å². The smallest absolute Gasteiger partial charge is 0.266 e. The lowest BCUT2D eigenvalue weighted by molar-refractivity contribution is 0.628. The topological polar surface area (TPSA) is 34.9 Å². The van der Waals surface area contributed by atoms with E-state index in [1.54, 1.807) is 28.8 Å². The second-order valence-electron chi connectivity index (χ2n) is 6.35. The van der Waals surface area contributed by atoms with Crippen LogP contribution in [0.2, 0.25) is 0 Å². The number of nitrogens with zero attached hydrogens (tertiary/aromatic N) is 2. The number of halogens is 1. The summed E-state index contributed by atoms with van der Waals surface area (Å²) in [6, 6.07) is 21.2. The fourth-order valence-electron chi connectivity index (χ4n) is 2.95. The minimum Gasteiger partial charge on any atom is -0.268 e. The van der Waals surface area contributed by atoms with Gasteiger partial charge in [-0.2, -0.15) is 0 Å². The molecule has 132 valence electrons. The van der Waals surface area contributed by atoms with Gasteiger partial charge in [0.2, 0.25) is 0 Å². The van der Waals surface area contributed by atoms with E-state index in [9.17, 15) is 9.18 Å². The van der Waals surface area contributed by atoms with Crippen LogP contribution in [0, 0.1) is 12.7 Å². The Labute approximate surface area is 156 Å². The fourth-order valence-corrected chi connectivity index (χ4v) is 2.95. The first-order valence-corrected chi connectivity index (χ1v) is 8.64. The molecule has 0 bridgehead atoms. The molecule has 0 aliphatic carbocycles. The molecule has 4 aromatic rings. The summed E-state index contributed by atoms with van der Waals surface area (Å²) in [6.07, 6.45) is 3.60. The summed E-state index contributed by atoms with van der Waals surface area (Å²) < 4.78 is 14.7. The number of aromatic nitrogens is 2. The summed E-state index contributed by atoms with van der Waals surface area (Å²) in [7, 11) is 0. The molecule has 0 unspecified atom stereocenters. The SMILES string of the molecule is Cc1ccc(-n2c(/C=C\c3ccc(F)cc3)nc3ccccc3c2=O)cc1. The molecule has 4 heteroatoms. The lowest BCUT2D eigenvalue weighted by atomic mass is 10.2. The Balaban J connectivity index is 1.92. The van der Waals surface area contributed by atoms with E-state index in [0.717, 1.165) is 16.8 Å². The Morgan fingerprint density at radius 3 is 2.33 bits per heavy atom. The molecule has 0 fully saturated rings. The summed E-state index contributed by atoms with van der Waals surface area (Å²) in [6.45, 7) is 2.00. The van der Waals surface area contributed by atoms with Gasteiger partial charge in [0.1, 0.15) is 11.6 Å². The Morgan fingerprint density at radius 2 is 1.59 bits per heavy atom. The van der Waals surface area contributed by atoms with Crippen molar-refractivity contribution in [2.45, 2.75) is 6.92 Å². The third-order valence-electron chi connectivity index (χ3n) is 4.39. The number of rotatable bonds is 3. The third-order valence-corrected chi connectivity index (χ3v) is 4.39. The monoisotopic (exact) mass is 356 g/mol. The number of aryl methyl sites for hydroxylation is 1. The molecule has 0 atom stereocenters. The summed E-state index contributed by atoms with van der Waals surface area (Å²) in [5, 5.41) is 0.567. The van der Waals surface area contributed by atoms with Gasteiger partial charge in [-0.3, -0.25) is 9.36 Å². The van der Waals surface area contributed by atoms with Crippen LogP contribution in [0.25, 0.3) is 28.7 Å². The van der Waals surface area contributed by atoms with Crippen LogP contribution in [0.15, 0.2) is 77.6 Å². The Hall–Kier alpha value is -3.53. The van der Waals surface area contributed by atoms with Gasteiger partial charge in [0, 0.05) is 0 Å². The minimum absolute atomic E-state index is 0.122. The molecule has 3 aromatic carbocycles. The molecule has 0 aliphatic heterocycles. The van der Waals surface area contributed by atoms with Crippen molar-refractivity contribution in [3.8, 4) is 5.69 Å². The maximum Gasteiger partial charge on any atom is 0.266 e. The van der Waals surface area contributed by atoms with Gasteiger partial charge in [-0.25, -0.2) is 9.37 Å². The van der Waals surface area contributed by atoms with Gasteiger partial charge in [0.25, 0.3) is 5.56 Å². The lowest BCUT2D eigenvalue weighted by Gasteiger charge is -2.11. The standard InChI is InChI=1S/C23H17FN2O/c1-16-6-13-19(14-7-16)26-22(15-10-17-8-11-18(24)12-9-17)25-21-5-3-2-4-20(21)23(26)27/h2-15H,1H3/b15-10-. The first kappa shape index (κ1) is 16.9. The fraction of sp³-hybridized carbons (Fsp3) is 0.0435. The van der Waals surface area contributed by atoms with Crippen molar-refractivity contribution in [3.05, 3.63) is 106 Å². The van der Waals surface area contributed by atoms with Gasteiger partial charge in [-0.1, -0.05) is 48.0 Å². The average Bonchev–Trinajstić information content (AvgIpc) is 2.69. The predicted molar refractivity (Wildman–Crippen MR) is 107 cm³/mol. The van der Waals surface area contributed by atoms with Crippen molar-refractivity contribution in [2.24, 2.45) is 0 Å². The molecule has 0 spiro atoms. The van der Waals surface area contributed by atoms with E-state index < -0.39 is 0 Å². The Morgan fingerprint density at radius 1 is 0.889 bits per heavy atom. The van der Waals surface area contributed by atoms with Crippen LogP contribution >= 0.6 is 0 Å². The molecule has 1 aromatic heterocycles. The average molecular weight is 356 g/mol. The molecule has 3 nitrogen and oxygen atoms in total. The second kappa shape index (κ2) is 7.00. The van der Waals surface area contributed by atoms with Crippen LogP contribution in [0.5, 0.6) is 0 Å². The first-order valence-electron chi connectivity index (χ1n) is 8.64. The van der Waals surface area contributed by atoms with Crippen molar-refractivity contribution in [1.29, 1.82) is 0 Å². The summed E-state index contributed by atoms with van der Waals surface area (Å²) in [4.78, 5) is 17.8. The summed E-state index contributed by atoms with van der Waals surface area (Å²) in [5.41, 5.74) is 3.22. The molecule has 27 heavy (non-hydrogen) atoms. The first-order chi connectivity index (χ1) is 13.1. The number of hydrogen-bond donors (Lipinski definition) is 0. The molecule has 1 heterocycles. The molecule has 0 amide bonds. The Bertz CT molecular complexity index is 1190. The second-order valence-corrected chi connectivity index (χ2v) is 6.35. The maximum absolute atomic E-state index is 13.1. The normalized spacial score (nSPS) is 11.3. The van der Waals surface area contributed by atoms with Crippen LogP contribution in [0.3, 0.4) is 0 Å². The largest absolute Gasteiger partial charge is 0.268 e. The van der Waals surface area contributed by atoms with E-state index in [2.05, 4.69) is 4.98 Å². The number of benzene rings is 3. The van der Waals surface area contributed by atoms with E-state index in [1.807, 2.05) is 55.5 Å². The lowest BCUT2D eigenvalue weighted by Crippen LogP contribution is -2.22. The van der Waals surface area contributed by atoms with Crippen molar-refractivity contribution >= 4 is 23.1 Å². The van der Waals surface area contributed by atoms with Crippen LogP contribution in [0.4, 0.5) is 4.39 Å². The molecule has 0 N–H and O–H groups in total. The van der Waals surface area contributed by atoms with Crippen LogP contribution in [-0.4, -0.2) is 9.55 Å². The van der Waals surface area contributed by atoms with Crippen LogP contribution in [-0.2, 0) is 0 Å². The van der Waals surface area contributed by atoms with E-state index in [-0.39, 0.29) is 11.4 Å². The highest BCUT2D eigenvalue weighted by molar-refractivity contribution is 5.80. The highest BCUT2D eigenvalue weighted by Crippen LogP contribution is 2.16. The van der Waals surface area contributed by atoms with Crippen molar-refractivity contribution in [1.82, 2.24) is 9.55 Å². The number of hydrogen-bond acceptors (Lipinski definition) is 2. The van der Waals surface area contributed by atoms with Gasteiger partial charge in [-0.05, 0) is 55.0 Å². The maximum atomic E-state index is 13.1. The zero-order valence-electron chi connectivity index (χ0n) is 14.8. The van der Waals surface area contributed by atoms with Gasteiger partial charge < -0.3 is 0 Å². The summed E-state index contributed by atoms with van der Waals surface area (Å²) in [5.74, 6) is 0.236. The van der Waals surface area contributed by atoms with E-state index >= 15 is 0 Å². The van der Waals surface area contributed by atoms with E-state index in [0.29, 0.717) is 16.7 Å². The van der Waals surface area contributed by atoms with Crippen LogP contribution < -0.4 is 5.56 Å². The quantitative estimate of drug-likeness (QED) is 0.517. The van der Waals surface area contributed by atoms with Gasteiger partial charge >= 0.3 is 0 Å². The molecule has 0 radical (unpaired) electrons. The van der Waals surface area contributed by atoms with Gasteiger partial charge in [0.05, 0.1) is 16.6 Å². The molecule has 0 saturated carbocycles. The minimum atomic E-state index is -0.285. The molecule has 4 rings (SSSR count).